The Morgan fingerprint density at radius 3 is 2.31 bits per heavy atom. The normalized spacial score (nSPS) is 8.62. The van der Waals surface area contributed by atoms with Crippen LogP contribution in [0.25, 0.3) is 0 Å². The zero-order valence-electron chi connectivity index (χ0n) is 7.36. The fourth-order valence-electron chi connectivity index (χ4n) is 0.699. The Morgan fingerprint density at radius 1 is 0.923 bits per heavy atom. The van der Waals surface area contributed by atoms with Crippen molar-refractivity contribution in [2.75, 3.05) is 26.3 Å². The summed E-state index contributed by atoms with van der Waals surface area (Å²) in [7, 11) is 0. The lowest BCUT2D eigenvalue weighted by molar-refractivity contribution is 0.138. The third-order valence-corrected chi connectivity index (χ3v) is 1.29. The van der Waals surface area contributed by atoms with E-state index in [1.807, 2.05) is 0 Å². The average Bonchev–Trinajstić information content (AvgIpc) is 2.16. The number of nitrogens with zero attached hydrogens (tertiary/aromatic N) is 2. The first-order valence-electron chi connectivity index (χ1n) is 4.07. The lowest BCUT2D eigenvalue weighted by Crippen LogP contribution is -2.00. The number of unbranched alkanes of at least 4 members (excludes halogenated alkanes) is 1. The van der Waals surface area contributed by atoms with Crippen LogP contribution in [0.4, 0.5) is 0 Å². The highest BCUT2D eigenvalue weighted by atomic mass is 16.5. The van der Waals surface area contributed by atoms with Gasteiger partial charge in [-0.3, -0.25) is 0 Å². The molecule has 0 bridgehead atoms. The van der Waals surface area contributed by atoms with Crippen molar-refractivity contribution >= 4 is 12.2 Å². The number of isocyanates is 2. The highest BCUT2D eigenvalue weighted by Crippen LogP contribution is 1.90. The molecular formula is C8H12N2O3. The lowest BCUT2D eigenvalue weighted by atomic mass is 10.3. The number of aliphatic imine (C=N–C) groups is 2. The minimum absolute atomic E-state index is 0.357. The Morgan fingerprint density at radius 2 is 1.62 bits per heavy atom. The average molecular weight is 184 g/mol. The standard InChI is InChI=1S/C8H12N2O3/c11-7-9-3-1-2-5-13-6-4-10-8-12/h1-6H2. The van der Waals surface area contributed by atoms with Crippen molar-refractivity contribution < 1.29 is 14.3 Å². The molecule has 0 aromatic carbocycles. The van der Waals surface area contributed by atoms with Crippen LogP contribution in [-0.2, 0) is 14.3 Å². The molecule has 72 valence electrons. The van der Waals surface area contributed by atoms with E-state index in [2.05, 4.69) is 9.98 Å². The van der Waals surface area contributed by atoms with Crippen LogP contribution in [0.2, 0.25) is 0 Å². The predicted molar refractivity (Wildman–Crippen MR) is 46.0 cm³/mol. The van der Waals surface area contributed by atoms with Crippen molar-refractivity contribution in [3.05, 3.63) is 0 Å². The largest absolute Gasteiger partial charge is 0.379 e. The van der Waals surface area contributed by atoms with Crippen LogP contribution in [0.15, 0.2) is 9.98 Å². The molecule has 5 heteroatoms. The minimum Gasteiger partial charge on any atom is -0.379 e. The molecule has 0 radical (unpaired) electrons. The van der Waals surface area contributed by atoms with Gasteiger partial charge < -0.3 is 4.74 Å². The first-order chi connectivity index (χ1) is 6.41. The van der Waals surface area contributed by atoms with Crippen molar-refractivity contribution in [1.29, 1.82) is 0 Å². The summed E-state index contributed by atoms with van der Waals surface area (Å²) in [5.41, 5.74) is 0. The van der Waals surface area contributed by atoms with E-state index in [-0.39, 0.29) is 0 Å². The van der Waals surface area contributed by atoms with Crippen molar-refractivity contribution in [2.24, 2.45) is 9.98 Å². The van der Waals surface area contributed by atoms with E-state index in [1.54, 1.807) is 0 Å². The van der Waals surface area contributed by atoms with Gasteiger partial charge in [-0.2, -0.15) is 0 Å². The second-order valence-corrected chi connectivity index (χ2v) is 2.27. The van der Waals surface area contributed by atoms with E-state index in [9.17, 15) is 9.59 Å². The number of carbonyl (C=O) groups excluding carboxylic acids is 2. The maximum absolute atomic E-state index is 9.64. The van der Waals surface area contributed by atoms with Crippen molar-refractivity contribution in [3.8, 4) is 0 Å². The maximum Gasteiger partial charge on any atom is 0.235 e. The number of hydrogen-bond donors (Lipinski definition) is 0. The van der Waals surface area contributed by atoms with Crippen LogP contribution in [0.5, 0.6) is 0 Å². The summed E-state index contributed by atoms with van der Waals surface area (Å²) in [5, 5.41) is 0. The van der Waals surface area contributed by atoms with Gasteiger partial charge in [0, 0.05) is 6.61 Å². The number of rotatable bonds is 8. The smallest absolute Gasteiger partial charge is 0.235 e. The van der Waals surface area contributed by atoms with E-state index >= 15 is 0 Å². The second-order valence-electron chi connectivity index (χ2n) is 2.27. The monoisotopic (exact) mass is 184 g/mol. The molecule has 0 rings (SSSR count). The lowest BCUT2D eigenvalue weighted by Gasteiger charge is -1.99. The van der Waals surface area contributed by atoms with Crippen molar-refractivity contribution in [3.63, 3.8) is 0 Å². The van der Waals surface area contributed by atoms with Gasteiger partial charge in [0.25, 0.3) is 0 Å². The molecule has 0 saturated heterocycles. The van der Waals surface area contributed by atoms with E-state index in [1.165, 1.54) is 12.2 Å². The molecule has 0 heterocycles. The van der Waals surface area contributed by atoms with Crippen LogP contribution in [0.1, 0.15) is 12.8 Å². The molecule has 0 aromatic rings. The number of hydrogen-bond acceptors (Lipinski definition) is 5. The van der Waals surface area contributed by atoms with E-state index in [4.69, 9.17) is 4.74 Å². The Labute approximate surface area is 76.5 Å². The van der Waals surface area contributed by atoms with Crippen molar-refractivity contribution in [1.82, 2.24) is 0 Å². The van der Waals surface area contributed by atoms with Gasteiger partial charge in [0.1, 0.15) is 0 Å². The van der Waals surface area contributed by atoms with Gasteiger partial charge in [0.2, 0.25) is 12.2 Å². The van der Waals surface area contributed by atoms with Crippen LogP contribution < -0.4 is 0 Å². The summed E-state index contributed by atoms with van der Waals surface area (Å²) in [4.78, 5) is 26.0. The zero-order chi connectivity index (χ0) is 9.78. The van der Waals surface area contributed by atoms with Crippen LogP contribution in [0.3, 0.4) is 0 Å². The predicted octanol–water partition coefficient (Wildman–Crippen LogP) is 0.455. The molecule has 0 N–H and O–H groups in total. The van der Waals surface area contributed by atoms with Gasteiger partial charge in [-0.1, -0.05) is 0 Å². The molecule has 0 unspecified atom stereocenters. The molecule has 0 fully saturated rings. The van der Waals surface area contributed by atoms with Gasteiger partial charge >= 0.3 is 0 Å². The molecular weight excluding hydrogens is 172 g/mol. The van der Waals surface area contributed by atoms with Gasteiger partial charge in [-0.15, -0.1) is 0 Å². The third-order valence-electron chi connectivity index (χ3n) is 1.29. The highest BCUT2D eigenvalue weighted by Gasteiger charge is 1.88. The molecule has 0 aliphatic carbocycles. The van der Waals surface area contributed by atoms with E-state index in [0.29, 0.717) is 26.3 Å². The minimum atomic E-state index is 0.357. The molecule has 0 amide bonds. The maximum atomic E-state index is 9.64. The summed E-state index contributed by atoms with van der Waals surface area (Å²) in [6.45, 7) is 1.89. The van der Waals surface area contributed by atoms with Gasteiger partial charge in [-0.05, 0) is 12.8 Å². The summed E-state index contributed by atoms with van der Waals surface area (Å²) in [6, 6.07) is 0. The Bertz CT molecular complexity index is 183. The molecule has 0 aliphatic heterocycles. The quantitative estimate of drug-likeness (QED) is 0.312. The van der Waals surface area contributed by atoms with Crippen LogP contribution in [0, 0.1) is 0 Å². The van der Waals surface area contributed by atoms with Gasteiger partial charge in [0.05, 0.1) is 19.7 Å². The third kappa shape index (κ3) is 10.7. The summed E-state index contributed by atoms with van der Waals surface area (Å²) in [5.74, 6) is 0. The SMILES string of the molecule is O=C=NCCCCOCCN=C=O. The molecule has 0 atom stereocenters. The molecule has 5 nitrogen and oxygen atoms in total. The Balaban J connectivity index is 2.99. The molecule has 0 aliphatic rings. The molecule has 0 aromatic heterocycles. The molecule has 0 spiro atoms. The first-order valence-corrected chi connectivity index (χ1v) is 4.07. The summed E-state index contributed by atoms with van der Waals surface area (Å²) >= 11 is 0. The first kappa shape index (κ1) is 11.7. The fourth-order valence-corrected chi connectivity index (χ4v) is 0.699. The van der Waals surface area contributed by atoms with Gasteiger partial charge in [-0.25, -0.2) is 19.6 Å². The second kappa shape index (κ2) is 10.7. The molecule has 13 heavy (non-hydrogen) atoms. The Hall–Kier alpha value is -1.28. The summed E-state index contributed by atoms with van der Waals surface area (Å²) in [6.07, 6.45) is 4.54. The summed E-state index contributed by atoms with van der Waals surface area (Å²) < 4.78 is 5.10. The van der Waals surface area contributed by atoms with Crippen molar-refractivity contribution in [2.45, 2.75) is 12.8 Å². The fraction of sp³-hybridized carbons (Fsp3) is 0.750. The highest BCUT2D eigenvalue weighted by molar-refractivity contribution is 5.32. The van der Waals surface area contributed by atoms with E-state index in [0.717, 1.165) is 12.8 Å². The van der Waals surface area contributed by atoms with Crippen LogP contribution >= 0.6 is 0 Å². The Kier molecular flexibility index (Phi) is 9.66. The topological polar surface area (TPSA) is 68.1 Å². The van der Waals surface area contributed by atoms with Crippen LogP contribution in [-0.4, -0.2) is 38.5 Å². The molecule has 0 saturated carbocycles. The van der Waals surface area contributed by atoms with Gasteiger partial charge in [0.15, 0.2) is 0 Å². The number of ether oxygens (including phenoxy) is 1. The van der Waals surface area contributed by atoms with E-state index < -0.39 is 0 Å². The zero-order valence-corrected chi connectivity index (χ0v) is 7.36.